The fourth-order valence-corrected chi connectivity index (χ4v) is 3.01. The Morgan fingerprint density at radius 3 is 2.69 bits per heavy atom. The molecule has 29 heavy (non-hydrogen) atoms. The van der Waals surface area contributed by atoms with Crippen LogP contribution in [0.2, 0.25) is 0 Å². The third-order valence-electron chi connectivity index (χ3n) is 4.52. The van der Waals surface area contributed by atoms with Crippen LogP contribution >= 0.6 is 0 Å². The number of carbonyl (C=O) groups is 1. The lowest BCUT2D eigenvalue weighted by Gasteiger charge is -2.16. The molecule has 1 unspecified atom stereocenters. The van der Waals surface area contributed by atoms with E-state index in [0.717, 1.165) is 35.5 Å². The standard InChI is InChI=1S/C23H24FNO4/c1-27-23(26)15-25-21(22-9-4-12-28-22)11-10-17-5-3-8-20(14-17)29-16-18-6-2-7-19(24)13-18/h2-9,12-14,21,25H,10-11,15-16H2,1H3. The van der Waals surface area contributed by atoms with Gasteiger partial charge in [-0.05, 0) is 60.4 Å². The van der Waals surface area contributed by atoms with Gasteiger partial charge >= 0.3 is 5.97 Å². The first kappa shape index (κ1) is 20.6. The Bertz CT molecular complexity index is 911. The molecule has 6 heteroatoms. The van der Waals surface area contributed by atoms with E-state index < -0.39 is 0 Å². The largest absolute Gasteiger partial charge is 0.489 e. The maximum atomic E-state index is 13.3. The number of benzene rings is 2. The molecule has 0 aliphatic rings. The number of ether oxygens (including phenoxy) is 2. The van der Waals surface area contributed by atoms with Crippen LogP contribution in [0.5, 0.6) is 5.75 Å². The van der Waals surface area contributed by atoms with E-state index in [1.54, 1.807) is 12.3 Å². The summed E-state index contributed by atoms with van der Waals surface area (Å²) in [5.41, 5.74) is 1.87. The Kier molecular flexibility index (Phi) is 7.41. The molecule has 152 valence electrons. The molecule has 1 heterocycles. The van der Waals surface area contributed by atoms with Gasteiger partial charge in [-0.1, -0.05) is 24.3 Å². The van der Waals surface area contributed by atoms with Crippen molar-refractivity contribution < 1.29 is 23.1 Å². The van der Waals surface area contributed by atoms with Crippen molar-refractivity contribution in [3.05, 3.63) is 89.6 Å². The van der Waals surface area contributed by atoms with Gasteiger partial charge in [-0.2, -0.15) is 0 Å². The first-order valence-corrected chi connectivity index (χ1v) is 9.44. The van der Waals surface area contributed by atoms with Crippen molar-refractivity contribution in [1.29, 1.82) is 0 Å². The molecule has 0 bridgehead atoms. The number of esters is 1. The molecular weight excluding hydrogens is 373 g/mol. The molecule has 0 aliphatic carbocycles. The summed E-state index contributed by atoms with van der Waals surface area (Å²) in [4.78, 5) is 11.5. The zero-order chi connectivity index (χ0) is 20.5. The SMILES string of the molecule is COC(=O)CNC(CCc1cccc(OCc2cccc(F)c2)c1)c1ccco1. The van der Waals surface area contributed by atoms with E-state index in [-0.39, 0.29) is 24.4 Å². The number of hydrogen-bond acceptors (Lipinski definition) is 5. The summed E-state index contributed by atoms with van der Waals surface area (Å²) in [7, 11) is 1.36. The molecular formula is C23H24FNO4. The molecule has 0 saturated carbocycles. The van der Waals surface area contributed by atoms with Gasteiger partial charge in [0, 0.05) is 0 Å². The van der Waals surface area contributed by atoms with E-state index in [2.05, 4.69) is 5.32 Å². The summed E-state index contributed by atoms with van der Waals surface area (Å²) in [6.07, 6.45) is 3.11. The lowest BCUT2D eigenvalue weighted by atomic mass is 10.0. The summed E-state index contributed by atoms with van der Waals surface area (Å²) < 4.78 is 29.3. The average Bonchev–Trinajstić information content (AvgIpc) is 3.27. The van der Waals surface area contributed by atoms with Crippen molar-refractivity contribution in [2.75, 3.05) is 13.7 Å². The van der Waals surface area contributed by atoms with Gasteiger partial charge in [0.15, 0.2) is 0 Å². The van der Waals surface area contributed by atoms with E-state index in [1.165, 1.54) is 19.2 Å². The summed E-state index contributed by atoms with van der Waals surface area (Å²) in [5.74, 6) is 0.897. The van der Waals surface area contributed by atoms with E-state index >= 15 is 0 Å². The first-order valence-electron chi connectivity index (χ1n) is 9.44. The van der Waals surface area contributed by atoms with Gasteiger partial charge in [0.2, 0.25) is 0 Å². The van der Waals surface area contributed by atoms with Crippen LogP contribution in [0.25, 0.3) is 0 Å². The van der Waals surface area contributed by atoms with Gasteiger partial charge in [-0.15, -0.1) is 0 Å². The highest BCUT2D eigenvalue weighted by Crippen LogP contribution is 2.22. The molecule has 0 radical (unpaired) electrons. The maximum Gasteiger partial charge on any atom is 0.319 e. The number of carbonyl (C=O) groups excluding carboxylic acids is 1. The number of rotatable bonds is 10. The van der Waals surface area contributed by atoms with E-state index in [9.17, 15) is 9.18 Å². The van der Waals surface area contributed by atoms with Crippen molar-refractivity contribution in [2.24, 2.45) is 0 Å². The number of halogens is 1. The number of methoxy groups -OCH3 is 1. The lowest BCUT2D eigenvalue weighted by Crippen LogP contribution is -2.28. The summed E-state index contributed by atoms with van der Waals surface area (Å²) in [6.45, 7) is 0.412. The molecule has 0 amide bonds. The monoisotopic (exact) mass is 397 g/mol. The Morgan fingerprint density at radius 1 is 1.10 bits per heavy atom. The highest BCUT2D eigenvalue weighted by atomic mass is 19.1. The minimum atomic E-state index is -0.325. The molecule has 0 fully saturated rings. The average molecular weight is 397 g/mol. The van der Waals surface area contributed by atoms with Crippen LogP contribution in [0.15, 0.2) is 71.3 Å². The van der Waals surface area contributed by atoms with Crippen molar-refractivity contribution in [2.45, 2.75) is 25.5 Å². The molecule has 0 spiro atoms. The number of hydrogen-bond donors (Lipinski definition) is 1. The van der Waals surface area contributed by atoms with Crippen molar-refractivity contribution >= 4 is 5.97 Å². The van der Waals surface area contributed by atoms with Crippen LogP contribution in [-0.2, 0) is 22.6 Å². The van der Waals surface area contributed by atoms with E-state index in [4.69, 9.17) is 13.9 Å². The predicted molar refractivity (Wildman–Crippen MR) is 107 cm³/mol. The zero-order valence-electron chi connectivity index (χ0n) is 16.3. The molecule has 1 aromatic heterocycles. The summed E-state index contributed by atoms with van der Waals surface area (Å²) in [5, 5.41) is 3.17. The molecule has 0 aliphatic heterocycles. The van der Waals surface area contributed by atoms with Crippen LogP contribution in [-0.4, -0.2) is 19.6 Å². The minimum absolute atomic E-state index is 0.110. The third-order valence-corrected chi connectivity index (χ3v) is 4.52. The van der Waals surface area contributed by atoms with Gasteiger partial charge in [0.1, 0.15) is 23.9 Å². The number of furan rings is 1. The Hall–Kier alpha value is -3.12. The van der Waals surface area contributed by atoms with Crippen molar-refractivity contribution in [3.8, 4) is 5.75 Å². The van der Waals surface area contributed by atoms with Gasteiger partial charge in [-0.3, -0.25) is 10.1 Å². The molecule has 3 aromatic rings. The lowest BCUT2D eigenvalue weighted by molar-refractivity contribution is -0.139. The Balaban J connectivity index is 1.58. The summed E-state index contributed by atoms with van der Waals surface area (Å²) in [6, 6.07) is 17.8. The van der Waals surface area contributed by atoms with Crippen molar-refractivity contribution in [3.63, 3.8) is 0 Å². The van der Waals surface area contributed by atoms with Gasteiger partial charge < -0.3 is 13.9 Å². The minimum Gasteiger partial charge on any atom is -0.489 e. The normalized spacial score (nSPS) is 11.8. The van der Waals surface area contributed by atoms with Crippen LogP contribution in [0.3, 0.4) is 0 Å². The van der Waals surface area contributed by atoms with E-state index in [1.807, 2.05) is 42.5 Å². The highest BCUT2D eigenvalue weighted by molar-refractivity contribution is 5.71. The molecule has 1 atom stereocenters. The molecule has 5 nitrogen and oxygen atoms in total. The number of aryl methyl sites for hydroxylation is 1. The molecule has 1 N–H and O–H groups in total. The molecule has 2 aromatic carbocycles. The fraction of sp³-hybridized carbons (Fsp3) is 0.261. The van der Waals surface area contributed by atoms with Crippen molar-refractivity contribution in [1.82, 2.24) is 5.32 Å². The second-order valence-electron chi connectivity index (χ2n) is 6.63. The Morgan fingerprint density at radius 2 is 1.93 bits per heavy atom. The van der Waals surface area contributed by atoms with Gasteiger partial charge in [0.25, 0.3) is 0 Å². The van der Waals surface area contributed by atoms with Gasteiger partial charge in [-0.25, -0.2) is 4.39 Å². The zero-order valence-corrected chi connectivity index (χ0v) is 16.3. The highest BCUT2D eigenvalue weighted by Gasteiger charge is 2.16. The van der Waals surface area contributed by atoms with Crippen LogP contribution < -0.4 is 10.1 Å². The molecule has 3 rings (SSSR count). The second-order valence-corrected chi connectivity index (χ2v) is 6.63. The predicted octanol–water partition coefficient (Wildman–Crippen LogP) is 4.43. The van der Waals surface area contributed by atoms with Crippen LogP contribution in [0.4, 0.5) is 4.39 Å². The Labute approximate surface area is 169 Å². The topological polar surface area (TPSA) is 60.7 Å². The first-order chi connectivity index (χ1) is 14.1. The third kappa shape index (κ3) is 6.47. The molecule has 0 saturated heterocycles. The summed E-state index contributed by atoms with van der Waals surface area (Å²) >= 11 is 0. The smallest absolute Gasteiger partial charge is 0.319 e. The fourth-order valence-electron chi connectivity index (χ4n) is 3.01. The number of nitrogens with one attached hydrogen (secondary N) is 1. The quantitative estimate of drug-likeness (QED) is 0.513. The van der Waals surface area contributed by atoms with Gasteiger partial charge in [0.05, 0.1) is 26.0 Å². The second kappa shape index (κ2) is 10.4. The van der Waals surface area contributed by atoms with E-state index in [0.29, 0.717) is 6.61 Å². The maximum absolute atomic E-state index is 13.3. The van der Waals surface area contributed by atoms with Crippen LogP contribution in [0.1, 0.15) is 29.3 Å². The van der Waals surface area contributed by atoms with Crippen LogP contribution in [0, 0.1) is 5.82 Å².